The molecule has 2 aliphatic rings. The normalized spacial score (nSPS) is 18.6. The Morgan fingerprint density at radius 2 is 2.02 bits per heavy atom. The molecule has 210 valence electrons. The van der Waals surface area contributed by atoms with Crippen molar-refractivity contribution in [3.8, 4) is 11.5 Å². The van der Waals surface area contributed by atoms with Crippen molar-refractivity contribution in [2.45, 2.75) is 50.9 Å². The number of rotatable bonds is 9. The highest BCUT2D eigenvalue weighted by atomic mass is 35.5. The largest absolute Gasteiger partial charge is 0.497 e. The minimum absolute atomic E-state index is 0.0541. The highest BCUT2D eigenvalue weighted by Gasteiger charge is 2.36. The van der Waals surface area contributed by atoms with Crippen LogP contribution in [0.4, 0.5) is 22.2 Å². The van der Waals surface area contributed by atoms with Crippen molar-refractivity contribution < 1.29 is 19.1 Å². The van der Waals surface area contributed by atoms with E-state index in [1.807, 2.05) is 5.38 Å². The summed E-state index contributed by atoms with van der Waals surface area (Å²) in [5.74, 6) is 1.55. The van der Waals surface area contributed by atoms with E-state index in [1.54, 1.807) is 33.6 Å². The number of fused-ring (bicyclic) bond motifs is 1. The third-order valence-corrected chi connectivity index (χ3v) is 8.04. The first-order valence-electron chi connectivity index (χ1n) is 12.8. The molecule has 1 aliphatic heterocycles. The first kappa shape index (κ1) is 27.7. The van der Waals surface area contributed by atoms with Gasteiger partial charge in [-0.1, -0.05) is 31.0 Å². The van der Waals surface area contributed by atoms with E-state index in [1.165, 1.54) is 31.6 Å². The van der Waals surface area contributed by atoms with Crippen molar-refractivity contribution in [1.82, 2.24) is 20.3 Å². The molecule has 5 rings (SSSR count). The van der Waals surface area contributed by atoms with Gasteiger partial charge in [0.2, 0.25) is 11.9 Å². The predicted octanol–water partition coefficient (Wildman–Crippen LogP) is 4.78. The lowest BCUT2D eigenvalue weighted by Crippen LogP contribution is -2.49. The number of anilines is 3. The highest BCUT2D eigenvalue weighted by Crippen LogP contribution is 2.42. The van der Waals surface area contributed by atoms with Crippen LogP contribution in [0.25, 0.3) is 0 Å². The zero-order valence-electron chi connectivity index (χ0n) is 22.2. The van der Waals surface area contributed by atoms with E-state index in [-0.39, 0.29) is 42.1 Å². The number of carbonyl (C=O) groups excluding carboxylic acids is 2. The van der Waals surface area contributed by atoms with Crippen LogP contribution >= 0.6 is 22.9 Å². The van der Waals surface area contributed by atoms with Gasteiger partial charge >= 0.3 is 6.03 Å². The van der Waals surface area contributed by atoms with E-state index in [0.29, 0.717) is 29.0 Å². The number of carbonyl (C=O) groups is 2. The number of urea groups is 1. The monoisotopic (exact) mass is 583 g/mol. The smallest absolute Gasteiger partial charge is 0.330 e. The molecule has 3 heterocycles. The Kier molecular flexibility index (Phi) is 8.36. The molecule has 1 aliphatic carbocycles. The van der Waals surface area contributed by atoms with Crippen LogP contribution in [0, 0.1) is 0 Å². The molecule has 13 heteroatoms. The number of aromatic nitrogens is 3. The molecule has 1 fully saturated rings. The summed E-state index contributed by atoms with van der Waals surface area (Å²) in [6, 6.07) is 2.91. The lowest BCUT2D eigenvalue weighted by atomic mass is 9.90. The second-order valence-electron chi connectivity index (χ2n) is 9.49. The Bertz CT molecular complexity index is 1400. The molecule has 1 saturated carbocycles. The topological polar surface area (TPSA) is 122 Å². The Morgan fingerprint density at radius 3 is 2.73 bits per heavy atom. The lowest BCUT2D eigenvalue weighted by molar-refractivity contribution is -0.117. The summed E-state index contributed by atoms with van der Waals surface area (Å²) in [7, 11) is 3.05. The molecule has 1 aromatic carbocycles. The van der Waals surface area contributed by atoms with Crippen LogP contribution in [0.15, 0.2) is 41.9 Å². The molecule has 2 N–H and O–H groups in total. The van der Waals surface area contributed by atoms with Crippen molar-refractivity contribution in [3.05, 3.63) is 58.2 Å². The summed E-state index contributed by atoms with van der Waals surface area (Å²) in [5, 5.41) is 8.59. The fourth-order valence-corrected chi connectivity index (χ4v) is 5.84. The van der Waals surface area contributed by atoms with Crippen LogP contribution in [-0.2, 0) is 17.9 Å². The number of ether oxygens (including phenoxy) is 2. The Hall–Kier alpha value is -3.90. The Morgan fingerprint density at radius 1 is 1.23 bits per heavy atom. The summed E-state index contributed by atoms with van der Waals surface area (Å²) in [6.07, 6.45) is 6.73. The van der Waals surface area contributed by atoms with Crippen LogP contribution in [0.3, 0.4) is 0 Å². The van der Waals surface area contributed by atoms with E-state index >= 15 is 0 Å². The maximum Gasteiger partial charge on any atom is 0.330 e. The molecule has 11 nitrogen and oxygen atoms in total. The molecule has 0 spiro atoms. The summed E-state index contributed by atoms with van der Waals surface area (Å²) < 4.78 is 10.9. The molecular formula is C27H30ClN7O4S. The standard InChI is InChI=1S/C27H30ClN7O4S/c1-4-23(36)31-19-7-5-6-8-20(19)32-26-29-11-16-12-34(21-9-18(38-2)10-22(39-3)24(21)28)27(37)35(25(16)33-26)13-17-14-40-15-30-17/h4,9-11,14-15,19-20H,1,5-8,12-13H2,2-3H3,(H,31,36)(H,29,32,33)/t19-,20+/m1/s1. The number of nitrogens with zero attached hydrogens (tertiary/aromatic N) is 5. The highest BCUT2D eigenvalue weighted by molar-refractivity contribution is 7.07. The minimum atomic E-state index is -0.323. The van der Waals surface area contributed by atoms with Crippen molar-refractivity contribution >= 4 is 52.3 Å². The van der Waals surface area contributed by atoms with Crippen molar-refractivity contribution in [1.29, 1.82) is 0 Å². The zero-order valence-corrected chi connectivity index (χ0v) is 23.8. The number of halogens is 1. The van der Waals surface area contributed by atoms with Crippen molar-refractivity contribution in [3.63, 3.8) is 0 Å². The van der Waals surface area contributed by atoms with Crippen LogP contribution in [0.2, 0.25) is 5.02 Å². The van der Waals surface area contributed by atoms with E-state index in [0.717, 1.165) is 36.9 Å². The molecule has 0 bridgehead atoms. The van der Waals surface area contributed by atoms with Crippen LogP contribution < -0.4 is 29.9 Å². The zero-order chi connectivity index (χ0) is 28.2. The van der Waals surface area contributed by atoms with Crippen LogP contribution in [0.5, 0.6) is 11.5 Å². The first-order valence-corrected chi connectivity index (χ1v) is 14.2. The van der Waals surface area contributed by atoms with E-state index in [2.05, 4.69) is 27.2 Å². The van der Waals surface area contributed by atoms with Gasteiger partial charge in [0.1, 0.15) is 22.3 Å². The fourth-order valence-electron chi connectivity index (χ4n) is 5.00. The molecular weight excluding hydrogens is 554 g/mol. The average molecular weight is 584 g/mol. The second kappa shape index (κ2) is 12.1. The first-order chi connectivity index (χ1) is 19.4. The number of methoxy groups -OCH3 is 2. The van der Waals surface area contributed by atoms with Gasteiger partial charge < -0.3 is 20.1 Å². The molecule has 3 amide bonds. The summed E-state index contributed by atoms with van der Waals surface area (Å²) >= 11 is 8.12. The maximum atomic E-state index is 14.0. The van der Waals surface area contributed by atoms with E-state index < -0.39 is 0 Å². The Labute approximate surface area is 241 Å². The Balaban J connectivity index is 1.49. The number of benzene rings is 1. The maximum absolute atomic E-state index is 14.0. The summed E-state index contributed by atoms with van der Waals surface area (Å²) in [5.41, 5.74) is 3.63. The lowest BCUT2D eigenvalue weighted by Gasteiger charge is -2.37. The predicted molar refractivity (Wildman–Crippen MR) is 154 cm³/mol. The van der Waals surface area contributed by atoms with Crippen LogP contribution in [0.1, 0.15) is 36.9 Å². The number of hydrogen-bond donors (Lipinski definition) is 2. The van der Waals surface area contributed by atoms with E-state index in [4.69, 9.17) is 26.1 Å². The molecule has 0 unspecified atom stereocenters. The third-order valence-electron chi connectivity index (χ3n) is 7.02. The average Bonchev–Trinajstić information content (AvgIpc) is 3.49. The second-order valence-corrected chi connectivity index (χ2v) is 10.6. The third kappa shape index (κ3) is 5.68. The molecule has 0 radical (unpaired) electrons. The molecule has 2 atom stereocenters. The van der Waals surface area contributed by atoms with Gasteiger partial charge in [-0.25, -0.2) is 14.8 Å². The van der Waals surface area contributed by atoms with Gasteiger partial charge in [0.15, 0.2) is 0 Å². The van der Waals surface area contributed by atoms with Gasteiger partial charge in [-0.2, -0.15) is 4.98 Å². The number of hydrogen-bond acceptors (Lipinski definition) is 9. The van der Waals surface area contributed by atoms with Crippen molar-refractivity contribution in [2.24, 2.45) is 0 Å². The molecule has 40 heavy (non-hydrogen) atoms. The van der Waals surface area contributed by atoms with Gasteiger partial charge in [-0.15, -0.1) is 11.3 Å². The van der Waals surface area contributed by atoms with Crippen LogP contribution in [-0.4, -0.2) is 53.2 Å². The summed E-state index contributed by atoms with van der Waals surface area (Å²) in [4.78, 5) is 42.9. The fraction of sp³-hybridized carbons (Fsp3) is 0.370. The number of amides is 3. The molecule has 3 aromatic rings. The van der Waals surface area contributed by atoms with Crippen molar-refractivity contribution in [2.75, 3.05) is 29.3 Å². The molecule has 2 aromatic heterocycles. The minimum Gasteiger partial charge on any atom is -0.497 e. The SMILES string of the molecule is C=CC(=O)N[C@@H]1CCCC[C@@H]1Nc1ncc2c(n1)N(Cc1cscn1)C(=O)N(c1cc(OC)cc(OC)c1Cl)C2. The summed E-state index contributed by atoms with van der Waals surface area (Å²) in [6.45, 7) is 3.96. The molecule has 0 saturated heterocycles. The van der Waals surface area contributed by atoms with Gasteiger partial charge in [-0.05, 0) is 18.9 Å². The van der Waals surface area contributed by atoms with Gasteiger partial charge in [0, 0.05) is 41.4 Å². The number of nitrogens with one attached hydrogen (secondary N) is 2. The van der Waals surface area contributed by atoms with Gasteiger partial charge in [0.05, 0.1) is 44.2 Å². The number of thiazole rings is 1. The van der Waals surface area contributed by atoms with E-state index in [9.17, 15) is 9.59 Å². The van der Waals surface area contributed by atoms with Gasteiger partial charge in [-0.3, -0.25) is 14.6 Å². The quantitative estimate of drug-likeness (QED) is 0.345. The van der Waals surface area contributed by atoms with Gasteiger partial charge in [0.25, 0.3) is 0 Å².